The number of carbonyl (C=O) groups excluding carboxylic acids is 1. The smallest absolute Gasteiger partial charge is 0.314 e. The highest BCUT2D eigenvalue weighted by Gasteiger charge is 2.33. The van der Waals surface area contributed by atoms with Crippen LogP contribution in [0.3, 0.4) is 0 Å². The number of nitrogens with one attached hydrogen (secondary N) is 2. The van der Waals surface area contributed by atoms with Crippen LogP contribution in [0.5, 0.6) is 5.75 Å². The first-order valence-electron chi connectivity index (χ1n) is 9.36. The molecule has 2 N–H and O–H groups in total. The Hall–Kier alpha value is -1.79. The van der Waals surface area contributed by atoms with Gasteiger partial charge in [-0.3, -0.25) is 4.90 Å². The largest absolute Gasteiger partial charge is 0.496 e. The molecule has 6 nitrogen and oxygen atoms in total. The number of nitrogens with zero attached hydrogens (tertiary/aromatic N) is 1. The third kappa shape index (κ3) is 5.88. The Bertz CT molecular complexity index is 581. The lowest BCUT2D eigenvalue weighted by atomic mass is 10.00. The molecule has 1 aromatic rings. The Balaban J connectivity index is 1.75. The Morgan fingerprint density at radius 3 is 2.54 bits per heavy atom. The second kappa shape index (κ2) is 9.24. The van der Waals surface area contributed by atoms with E-state index in [2.05, 4.69) is 43.2 Å². The minimum Gasteiger partial charge on any atom is -0.496 e. The number of morpholine rings is 1. The Morgan fingerprint density at radius 1 is 1.23 bits per heavy atom. The number of para-hydroxylation sites is 1. The Labute approximate surface area is 157 Å². The van der Waals surface area contributed by atoms with E-state index in [4.69, 9.17) is 9.47 Å². The predicted molar refractivity (Wildman–Crippen MR) is 104 cm³/mol. The fraction of sp³-hybridized carbons (Fsp3) is 0.650. The highest BCUT2D eigenvalue weighted by molar-refractivity contribution is 5.73. The lowest BCUT2D eigenvalue weighted by Gasteiger charge is -2.45. The van der Waals surface area contributed by atoms with Gasteiger partial charge in [-0.05, 0) is 45.7 Å². The molecule has 6 heteroatoms. The summed E-state index contributed by atoms with van der Waals surface area (Å²) < 4.78 is 11.1. The zero-order valence-electron chi connectivity index (χ0n) is 16.7. The number of methoxy groups -OCH3 is 1. The fourth-order valence-corrected chi connectivity index (χ4v) is 3.36. The fourth-order valence-electron chi connectivity index (χ4n) is 3.36. The summed E-state index contributed by atoms with van der Waals surface area (Å²) in [6, 6.07) is 7.73. The standard InChI is InChI=1S/C20H33N3O3/c1-15-12-23(13-16(2)26-15)20(3,4)14-22-19(24)21-11-10-17-8-6-7-9-18(17)25-5/h6-9,15-16H,10-14H2,1-5H3,(H2,21,22,24)/t15-,16-/m0/s1. The van der Waals surface area contributed by atoms with Crippen LogP contribution < -0.4 is 15.4 Å². The lowest BCUT2D eigenvalue weighted by molar-refractivity contribution is -0.0947. The van der Waals surface area contributed by atoms with E-state index in [1.807, 2.05) is 24.3 Å². The summed E-state index contributed by atoms with van der Waals surface area (Å²) >= 11 is 0. The number of hydrogen-bond donors (Lipinski definition) is 2. The van der Waals surface area contributed by atoms with Crippen LogP contribution in [0.1, 0.15) is 33.3 Å². The monoisotopic (exact) mass is 363 g/mol. The number of rotatable bonds is 7. The minimum atomic E-state index is -0.137. The number of carbonyl (C=O) groups is 1. The molecular formula is C20H33N3O3. The van der Waals surface area contributed by atoms with Gasteiger partial charge in [0.05, 0.1) is 19.3 Å². The molecule has 1 fully saturated rings. The van der Waals surface area contributed by atoms with E-state index in [0.717, 1.165) is 30.8 Å². The maximum absolute atomic E-state index is 12.1. The van der Waals surface area contributed by atoms with Gasteiger partial charge in [0.25, 0.3) is 0 Å². The van der Waals surface area contributed by atoms with Crippen molar-refractivity contribution in [3.63, 3.8) is 0 Å². The molecule has 1 heterocycles. The molecule has 0 aromatic heterocycles. The molecule has 146 valence electrons. The summed E-state index contributed by atoms with van der Waals surface area (Å²) in [6.45, 7) is 11.4. The van der Waals surface area contributed by atoms with Crippen molar-refractivity contribution in [1.29, 1.82) is 0 Å². The van der Waals surface area contributed by atoms with Crippen LogP contribution in [-0.4, -0.2) is 62.0 Å². The maximum Gasteiger partial charge on any atom is 0.314 e. The highest BCUT2D eigenvalue weighted by atomic mass is 16.5. The van der Waals surface area contributed by atoms with Crippen molar-refractivity contribution >= 4 is 6.03 Å². The first kappa shape index (κ1) is 20.5. The van der Waals surface area contributed by atoms with Gasteiger partial charge in [0, 0.05) is 31.7 Å². The predicted octanol–water partition coefficient (Wildman–Crippen LogP) is 2.42. The Kier molecular flexibility index (Phi) is 7.29. The van der Waals surface area contributed by atoms with Gasteiger partial charge in [-0.1, -0.05) is 18.2 Å². The number of ether oxygens (including phenoxy) is 2. The van der Waals surface area contributed by atoms with E-state index in [9.17, 15) is 4.79 Å². The van der Waals surface area contributed by atoms with Crippen LogP contribution in [0.15, 0.2) is 24.3 Å². The van der Waals surface area contributed by atoms with Crippen molar-refractivity contribution in [3.05, 3.63) is 29.8 Å². The van der Waals surface area contributed by atoms with Gasteiger partial charge in [0.15, 0.2) is 0 Å². The molecule has 0 bridgehead atoms. The number of urea groups is 1. The minimum absolute atomic E-state index is 0.119. The van der Waals surface area contributed by atoms with Crippen LogP contribution in [0.2, 0.25) is 0 Å². The molecular weight excluding hydrogens is 330 g/mol. The first-order valence-corrected chi connectivity index (χ1v) is 9.36. The van der Waals surface area contributed by atoms with Crippen molar-refractivity contribution in [3.8, 4) is 5.75 Å². The number of hydrogen-bond acceptors (Lipinski definition) is 4. The molecule has 1 aliphatic heterocycles. The first-order chi connectivity index (χ1) is 12.3. The molecule has 2 amide bonds. The summed E-state index contributed by atoms with van der Waals surface area (Å²) in [6.07, 6.45) is 1.17. The SMILES string of the molecule is COc1ccccc1CCNC(=O)NCC(C)(C)N1C[C@H](C)O[C@@H](C)C1. The van der Waals surface area contributed by atoms with E-state index in [1.54, 1.807) is 7.11 Å². The zero-order valence-corrected chi connectivity index (χ0v) is 16.7. The van der Waals surface area contributed by atoms with Crippen LogP contribution in [-0.2, 0) is 11.2 Å². The molecule has 0 aliphatic carbocycles. The summed E-state index contributed by atoms with van der Waals surface area (Å²) in [7, 11) is 1.66. The lowest BCUT2D eigenvalue weighted by Crippen LogP contribution is -2.59. The number of amides is 2. The molecule has 1 aromatic carbocycles. The highest BCUT2D eigenvalue weighted by Crippen LogP contribution is 2.20. The van der Waals surface area contributed by atoms with Gasteiger partial charge in [0.2, 0.25) is 0 Å². The van der Waals surface area contributed by atoms with Crippen molar-refractivity contribution in [2.75, 3.05) is 33.3 Å². The van der Waals surface area contributed by atoms with Crippen LogP contribution >= 0.6 is 0 Å². The second-order valence-corrected chi connectivity index (χ2v) is 7.65. The van der Waals surface area contributed by atoms with E-state index in [0.29, 0.717) is 13.1 Å². The van der Waals surface area contributed by atoms with Crippen molar-refractivity contribution in [1.82, 2.24) is 15.5 Å². The quantitative estimate of drug-likeness (QED) is 0.781. The molecule has 2 atom stereocenters. The topological polar surface area (TPSA) is 62.8 Å². The van der Waals surface area contributed by atoms with Gasteiger partial charge in [0.1, 0.15) is 5.75 Å². The van der Waals surface area contributed by atoms with Crippen LogP contribution in [0.25, 0.3) is 0 Å². The van der Waals surface area contributed by atoms with Crippen molar-refractivity contribution in [2.45, 2.75) is 51.9 Å². The molecule has 0 radical (unpaired) electrons. The van der Waals surface area contributed by atoms with Gasteiger partial charge in [-0.15, -0.1) is 0 Å². The molecule has 0 saturated carbocycles. The average Bonchev–Trinajstić information content (AvgIpc) is 2.59. The van der Waals surface area contributed by atoms with Crippen molar-refractivity contribution in [2.24, 2.45) is 0 Å². The molecule has 26 heavy (non-hydrogen) atoms. The maximum atomic E-state index is 12.1. The third-order valence-electron chi connectivity index (χ3n) is 4.83. The van der Waals surface area contributed by atoms with Gasteiger partial charge in [-0.25, -0.2) is 4.79 Å². The van der Waals surface area contributed by atoms with Crippen LogP contribution in [0.4, 0.5) is 4.79 Å². The number of benzene rings is 1. The average molecular weight is 364 g/mol. The normalized spacial score (nSPS) is 21.3. The van der Waals surface area contributed by atoms with Gasteiger partial charge in [-0.2, -0.15) is 0 Å². The molecule has 0 spiro atoms. The third-order valence-corrected chi connectivity index (χ3v) is 4.83. The van der Waals surface area contributed by atoms with Gasteiger partial charge < -0.3 is 20.1 Å². The van der Waals surface area contributed by atoms with E-state index >= 15 is 0 Å². The molecule has 1 saturated heterocycles. The Morgan fingerprint density at radius 2 is 1.88 bits per heavy atom. The summed E-state index contributed by atoms with van der Waals surface area (Å²) in [5.41, 5.74) is 0.971. The summed E-state index contributed by atoms with van der Waals surface area (Å²) in [5.74, 6) is 0.853. The second-order valence-electron chi connectivity index (χ2n) is 7.65. The molecule has 2 rings (SSSR count). The molecule has 1 aliphatic rings. The molecule has 0 unspecified atom stereocenters. The summed E-state index contributed by atoms with van der Waals surface area (Å²) in [4.78, 5) is 14.5. The van der Waals surface area contributed by atoms with E-state index < -0.39 is 0 Å². The van der Waals surface area contributed by atoms with Crippen molar-refractivity contribution < 1.29 is 14.3 Å². The van der Waals surface area contributed by atoms with E-state index in [-0.39, 0.29) is 23.8 Å². The van der Waals surface area contributed by atoms with Crippen LogP contribution in [0, 0.1) is 0 Å². The zero-order chi connectivity index (χ0) is 19.2. The van der Waals surface area contributed by atoms with Gasteiger partial charge >= 0.3 is 6.03 Å². The summed E-state index contributed by atoms with van der Waals surface area (Å²) in [5, 5.41) is 5.93. The van der Waals surface area contributed by atoms with E-state index in [1.165, 1.54) is 0 Å².